The van der Waals surface area contributed by atoms with Gasteiger partial charge in [-0.15, -0.1) is 0 Å². The summed E-state index contributed by atoms with van der Waals surface area (Å²) in [5.41, 5.74) is -0.392. The van der Waals surface area contributed by atoms with Crippen LogP contribution in [-0.4, -0.2) is 45.4 Å². The zero-order chi connectivity index (χ0) is 24.7. The lowest BCUT2D eigenvalue weighted by molar-refractivity contribution is -0.141. The number of rotatable bonds is 6. The van der Waals surface area contributed by atoms with Crippen LogP contribution in [0.15, 0.2) is 22.7 Å². The molecule has 1 aliphatic carbocycles. The summed E-state index contributed by atoms with van der Waals surface area (Å²) >= 11 is 0. The van der Waals surface area contributed by atoms with Gasteiger partial charge in [0, 0.05) is 18.0 Å². The molecule has 0 amide bonds. The smallest absolute Gasteiger partial charge is 0.433 e. The molecule has 1 saturated carbocycles. The molecule has 0 aliphatic heterocycles. The van der Waals surface area contributed by atoms with Crippen molar-refractivity contribution in [1.82, 2.24) is 15.0 Å². The molecule has 1 aliphatic rings. The lowest BCUT2D eigenvalue weighted by atomic mass is 10.1. The van der Waals surface area contributed by atoms with E-state index in [0.717, 1.165) is 18.7 Å². The van der Waals surface area contributed by atoms with Gasteiger partial charge in [0.05, 0.1) is 17.5 Å². The van der Waals surface area contributed by atoms with Gasteiger partial charge in [-0.05, 0) is 44.2 Å². The average molecular weight is 489 g/mol. The maximum atomic E-state index is 13.0. The van der Waals surface area contributed by atoms with Crippen LogP contribution in [0.5, 0.6) is 0 Å². The van der Waals surface area contributed by atoms with Crippen LogP contribution >= 0.6 is 0 Å². The van der Waals surface area contributed by atoms with E-state index in [9.17, 15) is 31.4 Å². The Morgan fingerprint density at radius 1 is 1.12 bits per heavy atom. The Hall–Kier alpha value is -3.09. The average Bonchev–Trinajstić information content (AvgIpc) is 3.36. The summed E-state index contributed by atoms with van der Waals surface area (Å²) in [7, 11) is 0. The van der Waals surface area contributed by atoms with Gasteiger partial charge in [-0.3, -0.25) is 0 Å². The molecule has 0 saturated heterocycles. The molecule has 0 aromatic carbocycles. The Labute approximate surface area is 189 Å². The highest BCUT2D eigenvalue weighted by molar-refractivity contribution is 5.86. The van der Waals surface area contributed by atoms with Crippen molar-refractivity contribution in [3.05, 3.63) is 29.7 Å². The van der Waals surface area contributed by atoms with Crippen molar-refractivity contribution in [3.8, 4) is 11.3 Å². The lowest BCUT2D eigenvalue weighted by Gasteiger charge is -2.18. The first kappa shape index (κ1) is 24.0. The van der Waals surface area contributed by atoms with Crippen molar-refractivity contribution in [2.24, 2.45) is 5.92 Å². The van der Waals surface area contributed by atoms with Crippen LogP contribution in [0, 0.1) is 12.8 Å². The molecular weight excluding hydrogens is 468 g/mol. The first-order chi connectivity index (χ1) is 15.9. The molecular formula is C21H21F6N5O2. The van der Waals surface area contributed by atoms with Gasteiger partial charge in [0.25, 0.3) is 0 Å². The van der Waals surface area contributed by atoms with Crippen LogP contribution in [0.25, 0.3) is 22.3 Å². The monoisotopic (exact) mass is 489 g/mol. The maximum Gasteiger partial charge on any atom is 0.433 e. The zero-order valence-corrected chi connectivity index (χ0v) is 17.9. The van der Waals surface area contributed by atoms with Gasteiger partial charge in [-0.25, -0.2) is 9.97 Å². The predicted molar refractivity (Wildman–Crippen MR) is 111 cm³/mol. The minimum atomic E-state index is -4.63. The molecule has 13 heteroatoms. The van der Waals surface area contributed by atoms with Crippen molar-refractivity contribution in [2.45, 2.75) is 44.6 Å². The lowest BCUT2D eigenvalue weighted by Crippen LogP contribution is -2.24. The van der Waals surface area contributed by atoms with E-state index in [1.54, 1.807) is 6.92 Å². The fourth-order valence-electron chi connectivity index (χ4n) is 4.02. The summed E-state index contributed by atoms with van der Waals surface area (Å²) in [6, 6.07) is 2.13. The molecule has 2 atom stereocenters. The van der Waals surface area contributed by atoms with Crippen molar-refractivity contribution < 1.29 is 35.9 Å². The zero-order valence-electron chi connectivity index (χ0n) is 17.9. The van der Waals surface area contributed by atoms with Crippen molar-refractivity contribution in [3.63, 3.8) is 0 Å². The Balaban J connectivity index is 1.74. The van der Waals surface area contributed by atoms with Gasteiger partial charge in [-0.1, -0.05) is 0 Å². The number of aliphatic hydroxyl groups excluding tert-OH is 1. The number of halogens is 6. The number of alkyl halides is 6. The van der Waals surface area contributed by atoms with Crippen LogP contribution in [0.4, 0.5) is 38.1 Å². The van der Waals surface area contributed by atoms with Crippen LogP contribution in [0.3, 0.4) is 0 Å². The summed E-state index contributed by atoms with van der Waals surface area (Å²) in [5.74, 6) is 0.165. The largest absolute Gasteiger partial charge is 0.454 e. The molecule has 7 nitrogen and oxygen atoms in total. The molecule has 0 bridgehead atoms. The molecule has 4 rings (SSSR count). The highest BCUT2D eigenvalue weighted by Gasteiger charge is 2.33. The molecule has 184 valence electrons. The second-order valence-electron chi connectivity index (χ2n) is 8.24. The number of aliphatic hydroxyl groups is 1. The fraction of sp³-hybridized carbons (Fsp3) is 0.476. The third-order valence-corrected chi connectivity index (χ3v) is 5.62. The standard InChI is InChI=1S/C21H21F6N5O2/c1-10-17(14-5-12-6-16(21(25,26)27)28-7-15(12)34-14)18(31-13-3-2-11(4-13)8-33)32-19(30-10)29-9-20(22,23)24/h5-7,11,13,33H,2-4,8-9H2,1H3,(H2,29,30,31,32)/t11-,13+/m1/s1. The topological polar surface area (TPSA) is 96.1 Å². The molecule has 0 unspecified atom stereocenters. The second kappa shape index (κ2) is 8.93. The van der Waals surface area contributed by atoms with Gasteiger partial charge in [-0.2, -0.15) is 31.3 Å². The Morgan fingerprint density at radius 3 is 2.53 bits per heavy atom. The second-order valence-corrected chi connectivity index (χ2v) is 8.24. The summed E-state index contributed by atoms with van der Waals surface area (Å²) in [6.07, 6.45) is -6.04. The minimum absolute atomic E-state index is 0.0182. The predicted octanol–water partition coefficient (Wildman–Crippen LogP) is 5.16. The number of aryl methyl sites for hydroxylation is 1. The third-order valence-electron chi connectivity index (χ3n) is 5.62. The highest BCUT2D eigenvalue weighted by atomic mass is 19.4. The number of fused-ring (bicyclic) bond motifs is 1. The minimum Gasteiger partial charge on any atom is -0.454 e. The van der Waals surface area contributed by atoms with Crippen LogP contribution < -0.4 is 10.6 Å². The fourth-order valence-corrected chi connectivity index (χ4v) is 4.02. The summed E-state index contributed by atoms with van der Waals surface area (Å²) in [4.78, 5) is 11.7. The van der Waals surface area contributed by atoms with E-state index in [-0.39, 0.29) is 52.8 Å². The molecule has 0 spiro atoms. The van der Waals surface area contributed by atoms with E-state index in [2.05, 4.69) is 25.6 Å². The number of furan rings is 1. The molecule has 34 heavy (non-hydrogen) atoms. The summed E-state index contributed by atoms with van der Waals surface area (Å²) in [6.45, 7) is 0.223. The summed E-state index contributed by atoms with van der Waals surface area (Å²) < 4.78 is 82.8. The number of aromatic nitrogens is 3. The highest BCUT2D eigenvalue weighted by Crippen LogP contribution is 2.38. The van der Waals surface area contributed by atoms with E-state index >= 15 is 0 Å². The maximum absolute atomic E-state index is 13.0. The van der Waals surface area contributed by atoms with E-state index in [1.807, 2.05) is 0 Å². The van der Waals surface area contributed by atoms with Crippen LogP contribution in [-0.2, 0) is 6.18 Å². The SMILES string of the molecule is Cc1nc(NCC(F)(F)F)nc(N[C@H]2CC[C@@H](CO)C2)c1-c1cc2cc(C(F)(F)F)ncc2o1. The first-order valence-electron chi connectivity index (χ1n) is 10.5. The van der Waals surface area contributed by atoms with Crippen molar-refractivity contribution >= 4 is 22.7 Å². The normalized spacial score (nSPS) is 19.1. The van der Waals surface area contributed by atoms with Gasteiger partial charge in [0.15, 0.2) is 5.58 Å². The van der Waals surface area contributed by atoms with Gasteiger partial charge >= 0.3 is 12.4 Å². The number of hydrogen-bond acceptors (Lipinski definition) is 7. The number of pyridine rings is 1. The van der Waals surface area contributed by atoms with Gasteiger partial charge in [0.1, 0.15) is 23.8 Å². The Kier molecular flexibility index (Phi) is 6.32. The van der Waals surface area contributed by atoms with Gasteiger partial charge in [0.2, 0.25) is 5.95 Å². The third kappa shape index (κ3) is 5.34. The Bertz CT molecular complexity index is 1180. The molecule has 1 fully saturated rings. The van der Waals surface area contributed by atoms with Crippen LogP contribution in [0.1, 0.15) is 30.7 Å². The van der Waals surface area contributed by atoms with E-state index in [1.165, 1.54) is 6.07 Å². The number of nitrogens with one attached hydrogen (secondary N) is 2. The number of anilines is 2. The quantitative estimate of drug-likeness (QED) is 0.412. The number of hydrogen-bond donors (Lipinski definition) is 3. The van der Waals surface area contributed by atoms with Gasteiger partial charge < -0.3 is 20.2 Å². The van der Waals surface area contributed by atoms with E-state index in [0.29, 0.717) is 18.4 Å². The molecule has 0 radical (unpaired) electrons. The van der Waals surface area contributed by atoms with E-state index < -0.39 is 24.6 Å². The van der Waals surface area contributed by atoms with Crippen molar-refractivity contribution in [2.75, 3.05) is 23.8 Å². The molecule has 3 N–H and O–H groups in total. The van der Waals surface area contributed by atoms with Crippen LogP contribution in [0.2, 0.25) is 0 Å². The summed E-state index contributed by atoms with van der Waals surface area (Å²) in [5, 5.41) is 14.9. The Morgan fingerprint density at radius 2 is 1.88 bits per heavy atom. The first-order valence-corrected chi connectivity index (χ1v) is 10.5. The van der Waals surface area contributed by atoms with Crippen molar-refractivity contribution in [1.29, 1.82) is 0 Å². The molecule has 3 aromatic rings. The van der Waals surface area contributed by atoms with E-state index in [4.69, 9.17) is 4.42 Å². The number of nitrogens with zero attached hydrogens (tertiary/aromatic N) is 3. The molecule has 3 aromatic heterocycles. The molecule has 3 heterocycles.